The van der Waals surface area contributed by atoms with Gasteiger partial charge in [-0.3, -0.25) is 4.90 Å². The molecule has 0 amide bonds. The van der Waals surface area contributed by atoms with Gasteiger partial charge in [-0.2, -0.15) is 0 Å². The summed E-state index contributed by atoms with van der Waals surface area (Å²) in [4.78, 5) is 12.7. The normalized spacial score (nSPS) is 13.7. The van der Waals surface area contributed by atoms with E-state index in [0.29, 0.717) is 0 Å². The van der Waals surface area contributed by atoms with Crippen LogP contribution in [0.1, 0.15) is 0 Å². The van der Waals surface area contributed by atoms with E-state index in [2.05, 4.69) is 228 Å². The highest BCUT2D eigenvalue weighted by molar-refractivity contribution is 8.34. The topological polar surface area (TPSA) is 34.2 Å². The molecular weight excluding hydrogens is 823 g/mol. The predicted molar refractivity (Wildman–Crippen MR) is 275 cm³/mol. The van der Waals surface area contributed by atoms with Crippen LogP contribution < -0.4 is 4.90 Å². The Morgan fingerprint density at radius 1 is 0.394 bits per heavy atom. The molecule has 14 rings (SSSR count). The summed E-state index contributed by atoms with van der Waals surface area (Å²) in [7, 11) is -2.03. The van der Waals surface area contributed by atoms with E-state index in [1.165, 1.54) is 63.3 Å². The van der Waals surface area contributed by atoms with Gasteiger partial charge in [0.15, 0.2) is 0 Å². The molecule has 0 spiro atoms. The van der Waals surface area contributed by atoms with Crippen LogP contribution in [0, 0.1) is 0 Å². The molecule has 5 heteroatoms. The van der Waals surface area contributed by atoms with E-state index < -0.39 is 10.0 Å². The molecule has 0 bridgehead atoms. The number of aromatic nitrogens is 2. The number of hydrogen-bond donors (Lipinski definition) is 0. The largest absolute Gasteiger partial charge is 0.456 e. The standard InChI is InChI=1S/C61H39N3OS/c1-3-16-45(17-4-1)66(46-18-5-2-6-19-46)58-26-14-12-24-54(58)64(61-48-20-8-7-15-40(48)35-36-62-61)55-33-28-42(39-59(55)66)41-27-32-53-51(38-41)49-21-9-11-23-52(49)63(53)44-30-31-47-43(37-44)29-34-57-60(47)50-22-10-13-25-56(50)65-57/h1-39H. The van der Waals surface area contributed by atoms with Crippen molar-refractivity contribution in [1.29, 1.82) is 0 Å². The van der Waals surface area contributed by atoms with Crippen LogP contribution >= 0.6 is 10.0 Å². The Bertz CT molecular complexity index is 4030. The van der Waals surface area contributed by atoms with Gasteiger partial charge in [0.05, 0.1) is 22.4 Å². The van der Waals surface area contributed by atoms with Crippen molar-refractivity contribution in [2.75, 3.05) is 4.90 Å². The minimum atomic E-state index is -2.03. The number of furan rings is 1. The fourth-order valence-corrected chi connectivity index (χ4v) is 15.0. The first-order valence-electron chi connectivity index (χ1n) is 22.4. The van der Waals surface area contributed by atoms with E-state index in [1.807, 2.05) is 18.3 Å². The first kappa shape index (κ1) is 37.0. The van der Waals surface area contributed by atoms with E-state index >= 15 is 0 Å². The molecule has 4 nitrogen and oxygen atoms in total. The van der Waals surface area contributed by atoms with Gasteiger partial charge in [0, 0.05) is 58.4 Å². The molecule has 4 heterocycles. The van der Waals surface area contributed by atoms with Crippen LogP contribution in [-0.2, 0) is 0 Å². The van der Waals surface area contributed by atoms with Crippen molar-refractivity contribution in [2.24, 2.45) is 0 Å². The smallest absolute Gasteiger partial charge is 0.145 e. The molecular formula is C61H39N3OS. The monoisotopic (exact) mass is 861 g/mol. The van der Waals surface area contributed by atoms with Crippen LogP contribution in [0.15, 0.2) is 261 Å². The van der Waals surface area contributed by atoms with Crippen molar-refractivity contribution >= 4 is 92.5 Å². The molecule has 0 fully saturated rings. The van der Waals surface area contributed by atoms with Gasteiger partial charge in [-0.1, -0.05) is 133 Å². The van der Waals surface area contributed by atoms with E-state index in [-0.39, 0.29) is 0 Å². The summed E-state index contributed by atoms with van der Waals surface area (Å²) in [5.41, 5.74) is 9.93. The second kappa shape index (κ2) is 14.3. The lowest BCUT2D eigenvalue weighted by Crippen LogP contribution is -2.22. The molecule has 0 saturated heterocycles. The lowest BCUT2D eigenvalue weighted by molar-refractivity contribution is 0.669. The fourth-order valence-electron chi connectivity index (χ4n) is 10.8. The molecule has 0 aliphatic carbocycles. The molecule has 3 aromatic heterocycles. The highest BCUT2D eigenvalue weighted by atomic mass is 32.3. The number of nitrogens with zero attached hydrogens (tertiary/aromatic N) is 3. The molecule has 0 saturated carbocycles. The number of anilines is 3. The lowest BCUT2D eigenvalue weighted by atomic mass is 10.0. The zero-order valence-electron chi connectivity index (χ0n) is 35.7. The zero-order valence-corrected chi connectivity index (χ0v) is 36.5. The molecule has 310 valence electrons. The third kappa shape index (κ3) is 5.26. The Morgan fingerprint density at radius 2 is 1.06 bits per heavy atom. The first-order chi connectivity index (χ1) is 32.7. The van der Waals surface area contributed by atoms with Gasteiger partial charge in [0.1, 0.15) is 17.0 Å². The Morgan fingerprint density at radius 3 is 1.91 bits per heavy atom. The van der Waals surface area contributed by atoms with Gasteiger partial charge in [0.25, 0.3) is 0 Å². The van der Waals surface area contributed by atoms with Crippen LogP contribution in [-0.4, -0.2) is 9.55 Å². The molecule has 66 heavy (non-hydrogen) atoms. The van der Waals surface area contributed by atoms with E-state index in [4.69, 9.17) is 9.40 Å². The maximum atomic E-state index is 6.26. The molecule has 0 unspecified atom stereocenters. The number of para-hydroxylation sites is 3. The fraction of sp³-hybridized carbons (Fsp3) is 0. The van der Waals surface area contributed by atoms with Gasteiger partial charge in [0.2, 0.25) is 0 Å². The summed E-state index contributed by atoms with van der Waals surface area (Å²) >= 11 is 0. The van der Waals surface area contributed by atoms with Crippen molar-refractivity contribution < 1.29 is 4.42 Å². The van der Waals surface area contributed by atoms with E-state index in [9.17, 15) is 0 Å². The van der Waals surface area contributed by atoms with Crippen molar-refractivity contribution in [1.82, 2.24) is 9.55 Å². The number of fused-ring (bicyclic) bond motifs is 11. The van der Waals surface area contributed by atoms with Crippen LogP contribution in [0.3, 0.4) is 0 Å². The summed E-state index contributed by atoms with van der Waals surface area (Å²) in [5, 5.41) is 9.39. The summed E-state index contributed by atoms with van der Waals surface area (Å²) < 4.78 is 8.68. The van der Waals surface area contributed by atoms with Crippen molar-refractivity contribution in [3.8, 4) is 16.8 Å². The highest BCUT2D eigenvalue weighted by Crippen LogP contribution is 2.79. The van der Waals surface area contributed by atoms with Crippen molar-refractivity contribution in [3.63, 3.8) is 0 Å². The third-order valence-corrected chi connectivity index (χ3v) is 17.6. The SMILES string of the molecule is c1ccc(S2(c3ccccc3)c3ccccc3N(c3nccc4ccccc34)c3ccc(-c4ccc5c(c4)c4ccccc4n5-c4ccc5c(ccc6oc7ccccc7c65)c4)cc32)cc1. The molecule has 13 aromatic rings. The van der Waals surface area contributed by atoms with Gasteiger partial charge < -0.3 is 8.98 Å². The molecule has 10 aromatic carbocycles. The van der Waals surface area contributed by atoms with Crippen LogP contribution in [0.4, 0.5) is 17.2 Å². The number of benzene rings is 10. The maximum absolute atomic E-state index is 6.26. The van der Waals surface area contributed by atoms with Crippen molar-refractivity contribution in [3.05, 3.63) is 237 Å². The van der Waals surface area contributed by atoms with Crippen LogP contribution in [0.25, 0.3) is 82.1 Å². The van der Waals surface area contributed by atoms with E-state index in [0.717, 1.165) is 55.6 Å². The third-order valence-electron chi connectivity index (χ3n) is 13.6. The second-order valence-corrected chi connectivity index (χ2v) is 20.2. The zero-order chi connectivity index (χ0) is 43.3. The minimum absolute atomic E-state index is 0.913. The van der Waals surface area contributed by atoms with Crippen molar-refractivity contribution in [2.45, 2.75) is 19.6 Å². The second-order valence-electron chi connectivity index (χ2n) is 17.1. The minimum Gasteiger partial charge on any atom is -0.456 e. The highest BCUT2D eigenvalue weighted by Gasteiger charge is 2.43. The molecule has 0 atom stereocenters. The summed E-state index contributed by atoms with van der Waals surface area (Å²) in [6.45, 7) is 0. The maximum Gasteiger partial charge on any atom is 0.145 e. The Balaban J connectivity index is 0.999. The summed E-state index contributed by atoms with van der Waals surface area (Å²) in [5.74, 6) is 0.925. The molecule has 0 radical (unpaired) electrons. The Kier molecular flexibility index (Phi) is 8.03. The summed E-state index contributed by atoms with van der Waals surface area (Å²) in [6, 6.07) is 84.5. The first-order valence-corrected chi connectivity index (χ1v) is 24.1. The number of pyridine rings is 1. The number of hydrogen-bond acceptors (Lipinski definition) is 3. The number of rotatable bonds is 5. The van der Waals surface area contributed by atoms with Gasteiger partial charge in [-0.05, 0) is 124 Å². The average Bonchev–Trinajstić information content (AvgIpc) is 3.94. The molecule has 0 N–H and O–H groups in total. The van der Waals surface area contributed by atoms with Crippen LogP contribution in [0.2, 0.25) is 0 Å². The van der Waals surface area contributed by atoms with Crippen LogP contribution in [0.5, 0.6) is 0 Å². The van der Waals surface area contributed by atoms with Gasteiger partial charge >= 0.3 is 0 Å². The van der Waals surface area contributed by atoms with Gasteiger partial charge in [-0.15, -0.1) is 10.0 Å². The predicted octanol–water partition coefficient (Wildman–Crippen LogP) is 17.2. The average molecular weight is 862 g/mol. The lowest BCUT2D eigenvalue weighted by Gasteiger charge is -2.49. The Labute approximate surface area is 382 Å². The van der Waals surface area contributed by atoms with Gasteiger partial charge in [-0.25, -0.2) is 4.98 Å². The molecule has 1 aliphatic heterocycles. The summed E-state index contributed by atoms with van der Waals surface area (Å²) in [6.07, 6.45) is 1.95. The quantitative estimate of drug-likeness (QED) is 0.173. The van der Waals surface area contributed by atoms with E-state index in [1.54, 1.807) is 0 Å². The molecule has 1 aliphatic rings. The Hall–Kier alpha value is -8.38.